The van der Waals surface area contributed by atoms with E-state index in [1.54, 1.807) is 0 Å². The highest BCUT2D eigenvalue weighted by Crippen LogP contribution is 2.33. The Morgan fingerprint density at radius 1 is 1.25 bits per heavy atom. The number of hydrogen-bond donors (Lipinski definition) is 2. The van der Waals surface area contributed by atoms with Gasteiger partial charge in [-0.3, -0.25) is 4.72 Å². The predicted molar refractivity (Wildman–Crippen MR) is 78.2 cm³/mol. The summed E-state index contributed by atoms with van der Waals surface area (Å²) in [5, 5.41) is 8.73. The van der Waals surface area contributed by atoms with Crippen molar-refractivity contribution in [1.29, 1.82) is 0 Å². The molecule has 0 heterocycles. The maximum absolute atomic E-state index is 12.2. The summed E-state index contributed by atoms with van der Waals surface area (Å²) < 4.78 is 26.7. The van der Waals surface area contributed by atoms with Gasteiger partial charge in [0.25, 0.3) is 0 Å². The number of carbonyl (C=O) groups is 1. The molecule has 0 saturated heterocycles. The van der Waals surface area contributed by atoms with Gasteiger partial charge < -0.3 is 5.11 Å². The number of hydrogen-bond acceptors (Lipinski definition) is 3. The Morgan fingerprint density at radius 3 is 2.40 bits per heavy atom. The molecule has 0 aromatic heterocycles. The highest BCUT2D eigenvalue weighted by Gasteiger charge is 2.30. The van der Waals surface area contributed by atoms with Gasteiger partial charge in [0.05, 0.1) is 21.5 Å². The summed E-state index contributed by atoms with van der Waals surface area (Å²) >= 11 is 11.7. The van der Waals surface area contributed by atoms with Crippen molar-refractivity contribution in [3.05, 3.63) is 27.7 Å². The second-order valence-electron chi connectivity index (χ2n) is 4.67. The fourth-order valence-electron chi connectivity index (χ4n) is 2.27. The van der Waals surface area contributed by atoms with Crippen LogP contribution in [0.2, 0.25) is 10.0 Å². The molecular weight excluding hydrogens is 325 g/mol. The lowest BCUT2D eigenvalue weighted by Gasteiger charge is -2.16. The number of nitrogens with one attached hydrogen (secondary N) is 1. The maximum Gasteiger partial charge on any atom is 0.337 e. The van der Waals surface area contributed by atoms with Gasteiger partial charge >= 0.3 is 5.97 Å². The third kappa shape index (κ3) is 3.19. The van der Waals surface area contributed by atoms with Crippen molar-refractivity contribution >= 4 is 44.9 Å². The molecule has 0 unspecified atom stereocenters. The van der Waals surface area contributed by atoms with Crippen LogP contribution in [0.1, 0.15) is 36.0 Å². The zero-order chi connectivity index (χ0) is 14.9. The van der Waals surface area contributed by atoms with Gasteiger partial charge in [-0.05, 0) is 25.0 Å². The monoisotopic (exact) mass is 337 g/mol. The maximum atomic E-state index is 12.2. The molecule has 0 radical (unpaired) electrons. The molecule has 0 spiro atoms. The third-order valence-electron chi connectivity index (χ3n) is 3.27. The lowest BCUT2D eigenvalue weighted by molar-refractivity contribution is 0.0698. The second kappa shape index (κ2) is 5.79. The van der Waals surface area contributed by atoms with E-state index >= 15 is 0 Å². The molecule has 20 heavy (non-hydrogen) atoms. The average molecular weight is 338 g/mol. The summed E-state index contributed by atoms with van der Waals surface area (Å²) in [5.41, 5.74) is -0.389. The minimum atomic E-state index is -3.65. The van der Waals surface area contributed by atoms with E-state index in [1.165, 1.54) is 12.1 Å². The molecule has 2 rings (SSSR count). The first-order valence-corrected chi connectivity index (χ1v) is 8.35. The van der Waals surface area contributed by atoms with Crippen LogP contribution < -0.4 is 4.72 Å². The van der Waals surface area contributed by atoms with Gasteiger partial charge in [-0.25, -0.2) is 13.2 Å². The summed E-state index contributed by atoms with van der Waals surface area (Å²) in [4.78, 5) is 11.2. The van der Waals surface area contributed by atoms with Gasteiger partial charge in [-0.15, -0.1) is 0 Å². The molecule has 8 heteroatoms. The van der Waals surface area contributed by atoms with Crippen LogP contribution in [0.4, 0.5) is 5.69 Å². The Morgan fingerprint density at radius 2 is 1.85 bits per heavy atom. The number of carboxylic acids is 1. The third-order valence-corrected chi connectivity index (χ3v) is 5.62. The Kier molecular flexibility index (Phi) is 4.46. The van der Waals surface area contributed by atoms with E-state index < -0.39 is 21.2 Å². The van der Waals surface area contributed by atoms with E-state index in [1.807, 2.05) is 0 Å². The quantitative estimate of drug-likeness (QED) is 0.882. The average Bonchev–Trinajstić information content (AvgIpc) is 2.86. The number of halogens is 2. The van der Waals surface area contributed by atoms with E-state index in [0.717, 1.165) is 12.8 Å². The fraction of sp³-hybridized carbons (Fsp3) is 0.417. The van der Waals surface area contributed by atoms with E-state index in [9.17, 15) is 13.2 Å². The molecule has 5 nitrogen and oxygen atoms in total. The molecular formula is C12H13Cl2NO4S. The van der Waals surface area contributed by atoms with Crippen LogP contribution in [0.3, 0.4) is 0 Å². The summed E-state index contributed by atoms with van der Waals surface area (Å²) in [6, 6.07) is 2.48. The van der Waals surface area contributed by atoms with Crippen LogP contribution in [0.5, 0.6) is 0 Å². The molecule has 0 amide bonds. The van der Waals surface area contributed by atoms with E-state index in [-0.39, 0.29) is 21.3 Å². The van der Waals surface area contributed by atoms with Crippen molar-refractivity contribution in [3.63, 3.8) is 0 Å². The van der Waals surface area contributed by atoms with Gasteiger partial charge in [0.15, 0.2) is 0 Å². The molecule has 0 aliphatic heterocycles. The zero-order valence-corrected chi connectivity index (χ0v) is 12.7. The van der Waals surface area contributed by atoms with Crippen LogP contribution in [0.25, 0.3) is 0 Å². The first-order valence-electron chi connectivity index (χ1n) is 6.05. The van der Waals surface area contributed by atoms with Crippen molar-refractivity contribution < 1.29 is 18.3 Å². The molecule has 110 valence electrons. The van der Waals surface area contributed by atoms with Crippen molar-refractivity contribution in [2.24, 2.45) is 0 Å². The van der Waals surface area contributed by atoms with Crippen LogP contribution in [0.15, 0.2) is 12.1 Å². The first-order chi connectivity index (χ1) is 9.31. The summed E-state index contributed by atoms with van der Waals surface area (Å²) in [7, 11) is -3.65. The predicted octanol–water partition coefficient (Wildman–Crippen LogP) is 3.38. The van der Waals surface area contributed by atoms with Crippen molar-refractivity contribution in [2.75, 3.05) is 4.72 Å². The number of sulfonamides is 1. The van der Waals surface area contributed by atoms with Crippen LogP contribution >= 0.6 is 23.2 Å². The fourth-order valence-corrected chi connectivity index (χ4v) is 4.49. The lowest BCUT2D eigenvalue weighted by atomic mass is 10.2. The van der Waals surface area contributed by atoms with E-state index in [4.69, 9.17) is 28.3 Å². The second-order valence-corrected chi connectivity index (χ2v) is 7.47. The molecule has 1 saturated carbocycles. The van der Waals surface area contributed by atoms with Crippen molar-refractivity contribution in [2.45, 2.75) is 30.9 Å². The molecule has 1 aliphatic rings. The Bertz CT molecular complexity index is 639. The Labute approximate surface area is 126 Å². The number of carboxylic acid groups (broad SMARTS) is 1. The minimum Gasteiger partial charge on any atom is -0.478 e. The lowest BCUT2D eigenvalue weighted by Crippen LogP contribution is -2.26. The van der Waals surface area contributed by atoms with Gasteiger partial charge in [0.2, 0.25) is 10.0 Å². The number of aromatic carboxylic acids is 1. The van der Waals surface area contributed by atoms with Crippen molar-refractivity contribution in [3.8, 4) is 0 Å². The topological polar surface area (TPSA) is 83.5 Å². The van der Waals surface area contributed by atoms with Gasteiger partial charge in [-0.1, -0.05) is 36.0 Å². The number of anilines is 1. The summed E-state index contributed by atoms with van der Waals surface area (Å²) in [6.45, 7) is 0. The van der Waals surface area contributed by atoms with Crippen LogP contribution in [-0.2, 0) is 10.0 Å². The first kappa shape index (κ1) is 15.4. The normalized spacial score (nSPS) is 16.3. The summed E-state index contributed by atoms with van der Waals surface area (Å²) in [6.07, 6.45) is 2.85. The smallest absolute Gasteiger partial charge is 0.337 e. The van der Waals surface area contributed by atoms with Gasteiger partial charge in [-0.2, -0.15) is 0 Å². The minimum absolute atomic E-state index is 0.0310. The highest BCUT2D eigenvalue weighted by atomic mass is 35.5. The molecule has 2 N–H and O–H groups in total. The number of rotatable bonds is 4. The van der Waals surface area contributed by atoms with Crippen LogP contribution in [-0.4, -0.2) is 24.7 Å². The summed E-state index contributed by atoms with van der Waals surface area (Å²) in [5.74, 6) is -1.29. The van der Waals surface area contributed by atoms with Gasteiger partial charge in [0, 0.05) is 5.02 Å². The molecule has 0 bridgehead atoms. The SMILES string of the molecule is O=C(O)c1cc(Cl)cc(Cl)c1NS(=O)(=O)C1CCCC1. The Hall–Kier alpha value is -0.980. The molecule has 1 aromatic rings. The molecule has 1 aromatic carbocycles. The largest absolute Gasteiger partial charge is 0.478 e. The van der Waals surface area contributed by atoms with Crippen molar-refractivity contribution in [1.82, 2.24) is 0 Å². The molecule has 0 atom stereocenters. The van der Waals surface area contributed by atoms with E-state index in [2.05, 4.69) is 4.72 Å². The van der Waals surface area contributed by atoms with Crippen LogP contribution in [0, 0.1) is 0 Å². The zero-order valence-electron chi connectivity index (χ0n) is 10.4. The Balaban J connectivity index is 2.40. The molecule has 1 fully saturated rings. The standard InChI is InChI=1S/C12H13Cl2NO4S/c13-7-5-9(12(16)17)11(10(14)6-7)15-20(18,19)8-3-1-2-4-8/h5-6,8,15H,1-4H2,(H,16,17). The molecule has 1 aliphatic carbocycles. The van der Waals surface area contributed by atoms with E-state index in [0.29, 0.717) is 12.8 Å². The number of benzene rings is 1. The highest BCUT2D eigenvalue weighted by molar-refractivity contribution is 7.93. The van der Waals surface area contributed by atoms with Gasteiger partial charge in [0.1, 0.15) is 0 Å².